The van der Waals surface area contributed by atoms with Crippen LogP contribution in [0.2, 0.25) is 0 Å². The summed E-state index contributed by atoms with van der Waals surface area (Å²) in [6, 6.07) is 1.69. The zero-order valence-corrected chi connectivity index (χ0v) is 2.23. The molecule has 1 heteroatoms. The first-order valence-electron chi connectivity index (χ1n) is 0.921. The predicted molar refractivity (Wildman–Crippen MR) is 15.8 cm³/mol. The van der Waals surface area contributed by atoms with E-state index >= 15 is 0 Å². The van der Waals surface area contributed by atoms with Gasteiger partial charge in [-0.2, -0.15) is 5.26 Å². The maximum atomic E-state index is 7.51. The van der Waals surface area contributed by atoms with Crippen molar-refractivity contribution >= 4 is 0 Å². The van der Waals surface area contributed by atoms with Crippen LogP contribution in [0.5, 0.6) is 0 Å². The molecule has 0 aromatic rings. The molecule has 0 aliphatic carbocycles. The van der Waals surface area contributed by atoms with Crippen LogP contribution in [0.15, 0.2) is 12.7 Å². The van der Waals surface area contributed by atoms with Crippen LogP contribution in [-0.4, -0.2) is 0 Å². The maximum Gasteiger partial charge on any atom is 0.0905 e. The van der Waals surface area contributed by atoms with Gasteiger partial charge in [0.15, 0.2) is 0 Å². The van der Waals surface area contributed by atoms with Gasteiger partial charge < -0.3 is 0 Å². The van der Waals surface area contributed by atoms with E-state index in [2.05, 4.69) is 6.58 Å². The van der Waals surface area contributed by atoms with Gasteiger partial charge in [-0.1, -0.05) is 6.58 Å². The third-order valence-electron chi connectivity index (χ3n) is 0.0913. The highest BCUT2D eigenvalue weighted by molar-refractivity contribution is 4.93. The Kier molecular flexibility index (Phi) is 1.80. The van der Waals surface area contributed by atoms with Crippen LogP contribution in [-0.2, 0) is 0 Å². The molecule has 0 aromatic carbocycles. The van der Waals surface area contributed by atoms with Gasteiger partial charge >= 0.3 is 0 Å². The molecule has 0 amide bonds. The normalized spacial score (nSPS) is 3.75. The van der Waals surface area contributed by atoms with Gasteiger partial charge in [-0.3, -0.25) is 0 Å². The fourth-order valence-corrected chi connectivity index (χ4v) is 0. The van der Waals surface area contributed by atoms with Crippen LogP contribution >= 0.6 is 0 Å². The summed E-state index contributed by atoms with van der Waals surface area (Å²) in [4.78, 5) is 0. The van der Waals surface area contributed by atoms with Gasteiger partial charge in [0.1, 0.15) is 0 Å². The number of allylic oxidation sites excluding steroid dienone is 1. The molecule has 0 aliphatic rings. The molecule has 20 valence electrons. The van der Waals surface area contributed by atoms with E-state index in [4.69, 9.17) is 5.26 Å². The highest BCUT2D eigenvalue weighted by Crippen LogP contribution is 1.41. The molecule has 4 heavy (non-hydrogen) atoms. The summed E-state index contributed by atoms with van der Waals surface area (Å²) in [6.07, 6.45) is 1.18. The van der Waals surface area contributed by atoms with Crippen molar-refractivity contribution in [1.29, 1.82) is 5.26 Å². The topological polar surface area (TPSA) is 23.8 Å². The van der Waals surface area contributed by atoms with Gasteiger partial charge in [-0.15, -0.1) is 0 Å². The molecule has 1 nitrogen and oxygen atoms in total. The van der Waals surface area contributed by atoms with Crippen molar-refractivity contribution in [2.75, 3.05) is 0 Å². The maximum absolute atomic E-state index is 7.51. The number of rotatable bonds is 0. The zero-order valence-electron chi connectivity index (χ0n) is 2.23. The van der Waals surface area contributed by atoms with Gasteiger partial charge in [0.2, 0.25) is 0 Å². The molecule has 0 radical (unpaired) electrons. The van der Waals surface area contributed by atoms with E-state index in [1.807, 2.05) is 0 Å². The minimum atomic E-state index is 1.18. The van der Waals surface area contributed by atoms with Crippen molar-refractivity contribution < 1.29 is 0 Å². The smallest absolute Gasteiger partial charge is 0.0905 e. The van der Waals surface area contributed by atoms with Crippen LogP contribution in [0.4, 0.5) is 0 Å². The Hall–Kier alpha value is -0.770. The Morgan fingerprint density at radius 3 is 2.25 bits per heavy atom. The van der Waals surface area contributed by atoms with Crippen molar-refractivity contribution in [3.05, 3.63) is 12.7 Å². The van der Waals surface area contributed by atoms with E-state index in [-0.39, 0.29) is 0 Å². The number of hydrogen-bond donors (Lipinski definition) is 0. The summed E-state index contributed by atoms with van der Waals surface area (Å²) in [7, 11) is 0. The second-order valence-electron chi connectivity index (χ2n) is 0.333. The standard InChI is InChI=1S/C3H3N/c1-2-3-4/h2H,1H2/i4+1. The first-order valence-corrected chi connectivity index (χ1v) is 0.921. The Labute approximate surface area is 25.2 Å². The lowest BCUT2D eigenvalue weighted by Gasteiger charge is -1.31. The number of nitrogens with zero attached hydrogens (tertiary/aromatic N) is 1. The van der Waals surface area contributed by atoms with E-state index in [9.17, 15) is 0 Å². The predicted octanol–water partition coefficient (Wildman–Crippen LogP) is 0.696. The van der Waals surface area contributed by atoms with Crippen molar-refractivity contribution in [3.63, 3.8) is 0 Å². The minimum absolute atomic E-state index is 1.18. The molecule has 0 bridgehead atoms. The summed E-state index contributed by atoms with van der Waals surface area (Å²) >= 11 is 0. The second kappa shape index (κ2) is 2.23. The van der Waals surface area contributed by atoms with Crippen LogP contribution in [0, 0.1) is 11.3 Å². The fourth-order valence-electron chi connectivity index (χ4n) is 0. The molecule has 0 rings (SSSR count). The first kappa shape index (κ1) is 3.23. The van der Waals surface area contributed by atoms with E-state index in [1.54, 1.807) is 6.07 Å². The summed E-state index contributed by atoms with van der Waals surface area (Å²) in [5, 5.41) is 7.51. The van der Waals surface area contributed by atoms with Gasteiger partial charge in [-0.05, 0) is 0 Å². The molecule has 0 N–H and O–H groups in total. The lowest BCUT2D eigenvalue weighted by Crippen LogP contribution is -1.23. The third kappa shape index (κ3) is 1.23. The van der Waals surface area contributed by atoms with Crippen LogP contribution in [0.25, 0.3) is 0 Å². The SMILES string of the molecule is C=CC#[15N]. The molecule has 0 spiro atoms. The number of nitriles is 1. The molecule has 0 aliphatic heterocycles. The van der Waals surface area contributed by atoms with Crippen LogP contribution in [0.3, 0.4) is 0 Å². The van der Waals surface area contributed by atoms with Gasteiger partial charge in [0.25, 0.3) is 0 Å². The van der Waals surface area contributed by atoms with Gasteiger partial charge in [0, 0.05) is 6.08 Å². The Balaban J connectivity index is 2.92. The summed E-state index contributed by atoms with van der Waals surface area (Å²) in [5.74, 6) is 0. The second-order valence-corrected chi connectivity index (χ2v) is 0.333. The zero-order chi connectivity index (χ0) is 3.41. The average molecular weight is 54.1 g/mol. The van der Waals surface area contributed by atoms with Crippen molar-refractivity contribution in [2.45, 2.75) is 0 Å². The molecule has 0 saturated heterocycles. The largest absolute Gasteiger partial charge is 0.193 e. The Morgan fingerprint density at radius 1 is 2.00 bits per heavy atom. The van der Waals surface area contributed by atoms with Gasteiger partial charge in [-0.25, -0.2) is 0 Å². The van der Waals surface area contributed by atoms with Crippen LogP contribution < -0.4 is 0 Å². The minimum Gasteiger partial charge on any atom is -0.193 e. The Bertz CT molecular complexity index is 48.8. The van der Waals surface area contributed by atoms with E-state index in [0.29, 0.717) is 0 Å². The van der Waals surface area contributed by atoms with E-state index in [0.717, 1.165) is 0 Å². The van der Waals surface area contributed by atoms with Crippen LogP contribution in [0.1, 0.15) is 0 Å². The average Bonchev–Trinajstić information content (AvgIpc) is 1.37. The quantitative estimate of drug-likeness (QED) is 0.295. The first-order chi connectivity index (χ1) is 1.91. The van der Waals surface area contributed by atoms with Crippen molar-refractivity contribution in [1.82, 2.24) is 0 Å². The highest BCUT2D eigenvalue weighted by atomic mass is 15.1. The third-order valence-corrected chi connectivity index (χ3v) is 0.0913. The molecular weight excluding hydrogens is 51.0 g/mol. The lowest BCUT2D eigenvalue weighted by atomic mass is 10.8. The fraction of sp³-hybridized carbons (Fsp3) is 0. The molecular formula is C3H3N. The molecule has 0 unspecified atom stereocenters. The molecule has 0 atom stereocenters. The molecule has 0 fully saturated rings. The van der Waals surface area contributed by atoms with Crippen molar-refractivity contribution in [2.24, 2.45) is 0 Å². The van der Waals surface area contributed by atoms with E-state index in [1.165, 1.54) is 6.08 Å². The number of hydrogen-bond acceptors (Lipinski definition) is 1. The van der Waals surface area contributed by atoms with Crippen molar-refractivity contribution in [3.8, 4) is 6.07 Å². The summed E-state index contributed by atoms with van der Waals surface area (Å²) in [5.41, 5.74) is 0. The molecule has 0 aromatic heterocycles. The van der Waals surface area contributed by atoms with Gasteiger partial charge in [0.05, 0.1) is 6.07 Å². The lowest BCUT2D eigenvalue weighted by molar-refractivity contribution is 1.54. The monoisotopic (exact) mass is 54.0 g/mol. The Morgan fingerprint density at radius 2 is 2.25 bits per heavy atom. The summed E-state index contributed by atoms with van der Waals surface area (Å²) in [6.45, 7) is 3.12. The van der Waals surface area contributed by atoms with E-state index < -0.39 is 0 Å². The molecule has 0 saturated carbocycles. The summed E-state index contributed by atoms with van der Waals surface area (Å²) < 4.78 is 0. The highest BCUT2D eigenvalue weighted by Gasteiger charge is 1.34. The molecule has 0 heterocycles.